The van der Waals surface area contributed by atoms with Gasteiger partial charge in [0.15, 0.2) is 0 Å². The van der Waals surface area contributed by atoms with Crippen LogP contribution in [0.2, 0.25) is 0 Å². The second-order valence-corrected chi connectivity index (χ2v) is 6.06. The summed E-state index contributed by atoms with van der Waals surface area (Å²) in [6, 6.07) is 21.9. The number of unbranched alkanes of at least 4 members (excludes halogenated alkanes) is 2. The molecule has 0 heterocycles. The number of rotatable bonds is 3. The molecule has 0 saturated heterocycles. The molecule has 112 valence electrons. The lowest BCUT2D eigenvalue weighted by Crippen LogP contribution is -1.82. The van der Waals surface area contributed by atoms with Crippen molar-refractivity contribution < 1.29 is 0 Å². The van der Waals surface area contributed by atoms with E-state index in [2.05, 4.69) is 67.6 Å². The van der Waals surface area contributed by atoms with Gasteiger partial charge in [-0.1, -0.05) is 80.4 Å². The fourth-order valence-electron chi connectivity index (χ4n) is 3.01. The SMILES string of the molecule is CCCCCCl.c1cc2ccc3cccc4ccc(c1)c2c34. The predicted octanol–water partition coefficient (Wildman–Crippen LogP) is 7.00. The Hall–Kier alpha value is -1.79. The van der Waals surface area contributed by atoms with Crippen LogP contribution in [-0.4, -0.2) is 5.88 Å². The van der Waals surface area contributed by atoms with E-state index in [1.807, 2.05) is 0 Å². The van der Waals surface area contributed by atoms with Crippen LogP contribution in [-0.2, 0) is 0 Å². The van der Waals surface area contributed by atoms with Gasteiger partial charge in [-0.2, -0.15) is 0 Å². The van der Waals surface area contributed by atoms with Gasteiger partial charge in [0.25, 0.3) is 0 Å². The highest BCUT2D eigenvalue weighted by atomic mass is 35.5. The molecule has 0 bridgehead atoms. The van der Waals surface area contributed by atoms with Crippen LogP contribution in [0, 0.1) is 0 Å². The molecule has 4 aromatic carbocycles. The maximum absolute atomic E-state index is 5.38. The zero-order valence-electron chi connectivity index (χ0n) is 13.0. The molecule has 0 unspecified atom stereocenters. The lowest BCUT2D eigenvalue weighted by Gasteiger charge is -2.09. The highest BCUT2D eigenvalue weighted by Gasteiger charge is 2.05. The van der Waals surface area contributed by atoms with Crippen molar-refractivity contribution in [2.75, 3.05) is 5.88 Å². The van der Waals surface area contributed by atoms with Crippen LogP contribution in [0.25, 0.3) is 32.3 Å². The van der Waals surface area contributed by atoms with Crippen LogP contribution < -0.4 is 0 Å². The van der Waals surface area contributed by atoms with Crippen molar-refractivity contribution in [1.29, 1.82) is 0 Å². The van der Waals surface area contributed by atoms with Crippen LogP contribution in [0.4, 0.5) is 0 Å². The molecule has 0 nitrogen and oxygen atoms in total. The zero-order chi connectivity index (χ0) is 15.4. The van der Waals surface area contributed by atoms with Crippen molar-refractivity contribution in [3.05, 3.63) is 60.7 Å². The maximum Gasteiger partial charge on any atom is 0.0223 e. The van der Waals surface area contributed by atoms with E-state index in [0.29, 0.717) is 0 Å². The number of hydrogen-bond donors (Lipinski definition) is 0. The molecule has 0 aromatic heterocycles. The van der Waals surface area contributed by atoms with E-state index in [-0.39, 0.29) is 0 Å². The Kier molecular flexibility index (Phi) is 4.80. The van der Waals surface area contributed by atoms with Gasteiger partial charge in [0.1, 0.15) is 0 Å². The van der Waals surface area contributed by atoms with Gasteiger partial charge in [0, 0.05) is 5.88 Å². The van der Waals surface area contributed by atoms with Crippen LogP contribution in [0.3, 0.4) is 0 Å². The van der Waals surface area contributed by atoms with Crippen molar-refractivity contribution in [3.8, 4) is 0 Å². The predicted molar refractivity (Wildman–Crippen MR) is 100 cm³/mol. The molecule has 0 radical (unpaired) electrons. The lowest BCUT2D eigenvalue weighted by molar-refractivity contribution is 0.776. The van der Waals surface area contributed by atoms with Gasteiger partial charge < -0.3 is 0 Å². The van der Waals surface area contributed by atoms with Gasteiger partial charge in [0.2, 0.25) is 0 Å². The third-order valence-corrected chi connectivity index (χ3v) is 4.40. The van der Waals surface area contributed by atoms with Gasteiger partial charge in [-0.3, -0.25) is 0 Å². The first kappa shape index (κ1) is 15.1. The molecular weight excluding hydrogens is 288 g/mol. The molecule has 4 rings (SSSR count). The average molecular weight is 309 g/mol. The van der Waals surface area contributed by atoms with Gasteiger partial charge in [0.05, 0.1) is 0 Å². The molecule has 22 heavy (non-hydrogen) atoms. The molecule has 0 saturated carbocycles. The van der Waals surface area contributed by atoms with Crippen molar-refractivity contribution in [2.24, 2.45) is 0 Å². The fourth-order valence-corrected chi connectivity index (χ4v) is 3.20. The minimum atomic E-state index is 0.827. The Morgan fingerprint density at radius 2 is 1.05 bits per heavy atom. The van der Waals surface area contributed by atoms with Crippen molar-refractivity contribution in [2.45, 2.75) is 26.2 Å². The summed E-state index contributed by atoms with van der Waals surface area (Å²) >= 11 is 5.38. The van der Waals surface area contributed by atoms with E-state index in [4.69, 9.17) is 11.6 Å². The van der Waals surface area contributed by atoms with Crippen molar-refractivity contribution in [1.82, 2.24) is 0 Å². The number of hydrogen-bond acceptors (Lipinski definition) is 0. The molecular formula is C21H21Cl. The first-order valence-corrected chi connectivity index (χ1v) is 8.57. The molecule has 0 N–H and O–H groups in total. The summed E-state index contributed by atoms with van der Waals surface area (Å²) in [4.78, 5) is 0. The summed E-state index contributed by atoms with van der Waals surface area (Å²) in [7, 11) is 0. The Bertz CT molecular complexity index is 729. The van der Waals surface area contributed by atoms with Crippen LogP contribution in [0.15, 0.2) is 60.7 Å². The third kappa shape index (κ3) is 2.89. The third-order valence-electron chi connectivity index (χ3n) is 4.13. The Balaban J connectivity index is 0.000000209. The fraction of sp³-hybridized carbons (Fsp3) is 0.238. The van der Waals surface area contributed by atoms with Gasteiger partial charge >= 0.3 is 0 Å². The second kappa shape index (κ2) is 6.98. The quantitative estimate of drug-likeness (QED) is 0.217. The van der Waals surface area contributed by atoms with Crippen molar-refractivity contribution >= 4 is 43.9 Å². The highest BCUT2D eigenvalue weighted by Crippen LogP contribution is 2.33. The van der Waals surface area contributed by atoms with E-state index >= 15 is 0 Å². The largest absolute Gasteiger partial charge is 0.127 e. The van der Waals surface area contributed by atoms with Crippen molar-refractivity contribution in [3.63, 3.8) is 0 Å². The number of halogens is 1. The molecule has 0 aliphatic heterocycles. The maximum atomic E-state index is 5.38. The van der Waals surface area contributed by atoms with Gasteiger partial charge in [-0.25, -0.2) is 0 Å². The summed E-state index contributed by atoms with van der Waals surface area (Å²) in [6.07, 6.45) is 3.73. The Morgan fingerprint density at radius 3 is 1.32 bits per heavy atom. The van der Waals surface area contributed by atoms with E-state index in [1.165, 1.54) is 51.6 Å². The van der Waals surface area contributed by atoms with E-state index < -0.39 is 0 Å². The zero-order valence-corrected chi connectivity index (χ0v) is 13.7. The first-order valence-electron chi connectivity index (χ1n) is 8.03. The molecule has 0 aliphatic rings. The van der Waals surface area contributed by atoms with E-state index in [0.717, 1.165) is 5.88 Å². The smallest absolute Gasteiger partial charge is 0.0223 e. The minimum absolute atomic E-state index is 0.827. The summed E-state index contributed by atoms with van der Waals surface area (Å²) in [5, 5.41) is 8.14. The topological polar surface area (TPSA) is 0 Å². The molecule has 4 aromatic rings. The Labute approximate surface area is 137 Å². The second-order valence-electron chi connectivity index (χ2n) is 5.69. The summed E-state index contributed by atoms with van der Waals surface area (Å²) < 4.78 is 0. The molecule has 0 atom stereocenters. The van der Waals surface area contributed by atoms with Gasteiger partial charge in [-0.15, -0.1) is 11.6 Å². The molecule has 0 aliphatic carbocycles. The molecule has 0 spiro atoms. The monoisotopic (exact) mass is 308 g/mol. The van der Waals surface area contributed by atoms with Crippen LogP contribution in [0.1, 0.15) is 26.2 Å². The number of benzene rings is 4. The number of alkyl halides is 1. The lowest BCUT2D eigenvalue weighted by atomic mass is 9.95. The van der Waals surface area contributed by atoms with E-state index in [9.17, 15) is 0 Å². The Morgan fingerprint density at radius 1 is 0.636 bits per heavy atom. The molecule has 0 fully saturated rings. The average Bonchev–Trinajstić information content (AvgIpc) is 2.59. The first-order chi connectivity index (χ1) is 10.8. The highest BCUT2D eigenvalue weighted by molar-refractivity contribution is 6.22. The minimum Gasteiger partial charge on any atom is -0.127 e. The summed E-state index contributed by atoms with van der Waals surface area (Å²) in [5.41, 5.74) is 0. The normalized spacial score (nSPS) is 11.0. The molecule has 1 heteroatoms. The van der Waals surface area contributed by atoms with E-state index in [1.54, 1.807) is 0 Å². The molecule has 0 amide bonds. The van der Waals surface area contributed by atoms with Crippen LogP contribution >= 0.6 is 11.6 Å². The standard InChI is InChI=1S/C16H10.C5H11Cl/c1-3-11-7-9-13-5-2-6-14-10-8-12(4-1)15(11)16(13)14;1-2-3-4-5-6/h1-10H;2-5H2,1H3. The summed E-state index contributed by atoms with van der Waals surface area (Å²) in [6.45, 7) is 2.17. The summed E-state index contributed by atoms with van der Waals surface area (Å²) in [5.74, 6) is 0.827. The van der Waals surface area contributed by atoms with Gasteiger partial charge in [-0.05, 0) is 38.7 Å². The van der Waals surface area contributed by atoms with Crippen LogP contribution in [0.5, 0.6) is 0 Å².